The zero-order valence-electron chi connectivity index (χ0n) is 6.26. The van der Waals surface area contributed by atoms with E-state index in [0.717, 1.165) is 6.07 Å². The van der Waals surface area contributed by atoms with Gasteiger partial charge in [-0.2, -0.15) is 5.26 Å². The van der Waals surface area contributed by atoms with E-state index in [0.29, 0.717) is 0 Å². The van der Waals surface area contributed by atoms with E-state index in [9.17, 15) is 8.78 Å². The van der Waals surface area contributed by atoms with Crippen LogP contribution in [-0.2, 0) is 0 Å². The summed E-state index contributed by atoms with van der Waals surface area (Å²) in [5.41, 5.74) is 4.97. The molecule has 0 spiro atoms. The van der Waals surface area contributed by atoms with Crippen molar-refractivity contribution in [1.29, 1.82) is 5.26 Å². The van der Waals surface area contributed by atoms with Gasteiger partial charge >= 0.3 is 0 Å². The number of anilines is 1. The van der Waals surface area contributed by atoms with Crippen LogP contribution in [0.1, 0.15) is 17.7 Å². The molecule has 0 aliphatic heterocycles. The maximum absolute atomic E-state index is 12.3. The van der Waals surface area contributed by atoms with E-state index in [1.807, 2.05) is 0 Å². The van der Waals surface area contributed by atoms with Gasteiger partial charge in [0, 0.05) is 5.69 Å². The second-order valence-electron chi connectivity index (χ2n) is 2.21. The van der Waals surface area contributed by atoms with Crippen LogP contribution in [0.2, 0.25) is 0 Å². The van der Waals surface area contributed by atoms with Gasteiger partial charge in [-0.1, -0.05) is 0 Å². The van der Waals surface area contributed by atoms with Crippen LogP contribution in [-0.4, -0.2) is 4.98 Å². The molecule has 13 heavy (non-hydrogen) atoms. The average Bonchev–Trinajstić information content (AvgIpc) is 2.02. The van der Waals surface area contributed by atoms with Gasteiger partial charge in [0.25, 0.3) is 6.43 Å². The highest BCUT2D eigenvalue weighted by molar-refractivity contribution is 14.1. The lowest BCUT2D eigenvalue weighted by atomic mass is 10.2. The zero-order valence-corrected chi connectivity index (χ0v) is 8.42. The first-order valence-corrected chi connectivity index (χ1v) is 4.28. The molecule has 1 aromatic rings. The smallest absolute Gasteiger partial charge is 0.268 e. The highest BCUT2D eigenvalue weighted by Crippen LogP contribution is 2.28. The quantitative estimate of drug-likeness (QED) is 0.637. The fourth-order valence-corrected chi connectivity index (χ4v) is 1.62. The second-order valence-corrected chi connectivity index (χ2v) is 3.24. The van der Waals surface area contributed by atoms with Crippen LogP contribution < -0.4 is 5.73 Å². The van der Waals surface area contributed by atoms with Crippen LogP contribution in [0.4, 0.5) is 14.5 Å². The van der Waals surface area contributed by atoms with E-state index in [1.54, 1.807) is 28.7 Å². The Hall–Kier alpha value is -0.970. The summed E-state index contributed by atoms with van der Waals surface area (Å²) in [6.07, 6.45) is -2.66. The van der Waals surface area contributed by atoms with Gasteiger partial charge < -0.3 is 5.73 Å². The molecule has 1 aromatic heterocycles. The van der Waals surface area contributed by atoms with Crippen LogP contribution in [0.3, 0.4) is 0 Å². The van der Waals surface area contributed by atoms with E-state index in [1.165, 1.54) is 0 Å². The number of aromatic nitrogens is 1. The minimum atomic E-state index is -2.66. The van der Waals surface area contributed by atoms with Crippen molar-refractivity contribution < 1.29 is 8.78 Å². The molecule has 1 rings (SSSR count). The fraction of sp³-hybridized carbons (Fsp3) is 0.143. The SMILES string of the molecule is N#Cc1cc(N)c(C(F)F)c(I)n1. The standard InChI is InChI=1S/C7H4F2IN3/c8-6(9)5-4(12)1-3(2-11)13-7(5)10/h1,6H,(H2,12,13). The molecule has 0 atom stereocenters. The Morgan fingerprint density at radius 2 is 2.23 bits per heavy atom. The summed E-state index contributed by atoms with van der Waals surface area (Å²) in [7, 11) is 0. The summed E-state index contributed by atoms with van der Waals surface area (Å²) in [6, 6.07) is 2.88. The minimum Gasteiger partial charge on any atom is -0.398 e. The fourth-order valence-electron chi connectivity index (χ4n) is 0.816. The van der Waals surface area contributed by atoms with Crippen molar-refractivity contribution >= 4 is 28.3 Å². The zero-order chi connectivity index (χ0) is 10.0. The van der Waals surface area contributed by atoms with E-state index < -0.39 is 6.43 Å². The number of nitrogens with two attached hydrogens (primary N) is 1. The summed E-state index contributed by atoms with van der Waals surface area (Å²) in [4.78, 5) is 3.64. The summed E-state index contributed by atoms with van der Waals surface area (Å²) in [6.45, 7) is 0. The Morgan fingerprint density at radius 3 is 2.62 bits per heavy atom. The highest BCUT2D eigenvalue weighted by atomic mass is 127. The van der Waals surface area contributed by atoms with Crippen LogP contribution >= 0.6 is 22.6 Å². The van der Waals surface area contributed by atoms with Crippen molar-refractivity contribution in [2.24, 2.45) is 0 Å². The van der Waals surface area contributed by atoms with Crippen LogP contribution in [0.15, 0.2) is 6.07 Å². The molecule has 0 aliphatic rings. The number of nitrogen functional groups attached to an aromatic ring is 1. The van der Waals surface area contributed by atoms with Crippen molar-refractivity contribution in [2.75, 3.05) is 5.73 Å². The number of nitriles is 1. The van der Waals surface area contributed by atoms with Crippen LogP contribution in [0, 0.1) is 15.0 Å². The first-order valence-electron chi connectivity index (χ1n) is 3.20. The third kappa shape index (κ3) is 2.03. The molecule has 2 N–H and O–H groups in total. The molecule has 3 nitrogen and oxygen atoms in total. The minimum absolute atomic E-state index is 0.0475. The first-order chi connectivity index (χ1) is 6.06. The number of nitrogens with zero attached hydrogens (tertiary/aromatic N) is 2. The number of pyridine rings is 1. The lowest BCUT2D eigenvalue weighted by Crippen LogP contribution is -2.02. The van der Waals surface area contributed by atoms with Crippen molar-refractivity contribution in [3.63, 3.8) is 0 Å². The van der Waals surface area contributed by atoms with Gasteiger partial charge in [-0.15, -0.1) is 0 Å². The van der Waals surface area contributed by atoms with Gasteiger partial charge in [0.2, 0.25) is 0 Å². The Bertz CT molecular complexity index is 349. The maximum Gasteiger partial charge on any atom is 0.268 e. The molecule has 6 heteroatoms. The van der Waals surface area contributed by atoms with Gasteiger partial charge in [0.05, 0.1) is 5.56 Å². The van der Waals surface area contributed by atoms with E-state index in [4.69, 9.17) is 11.0 Å². The summed E-state index contributed by atoms with van der Waals surface area (Å²) in [5.74, 6) is 0. The molecule has 0 radical (unpaired) electrons. The molecule has 0 unspecified atom stereocenters. The monoisotopic (exact) mass is 295 g/mol. The third-order valence-electron chi connectivity index (χ3n) is 1.38. The number of alkyl halides is 2. The summed E-state index contributed by atoms with van der Waals surface area (Å²) in [5, 5.41) is 8.46. The Labute approximate surface area is 86.7 Å². The average molecular weight is 295 g/mol. The number of halogens is 3. The molecule has 1 heterocycles. The van der Waals surface area contributed by atoms with Crippen LogP contribution in [0.5, 0.6) is 0 Å². The van der Waals surface area contributed by atoms with Gasteiger partial charge in [-0.25, -0.2) is 13.8 Å². The predicted octanol–water partition coefficient (Wildman–Crippen LogP) is 2.08. The molecule has 68 valence electrons. The van der Waals surface area contributed by atoms with Crippen molar-refractivity contribution in [3.8, 4) is 6.07 Å². The Balaban J connectivity index is 3.33. The van der Waals surface area contributed by atoms with E-state index in [2.05, 4.69) is 4.98 Å². The molecular weight excluding hydrogens is 291 g/mol. The lowest BCUT2D eigenvalue weighted by Gasteiger charge is -2.05. The normalized spacial score (nSPS) is 10.1. The van der Waals surface area contributed by atoms with E-state index >= 15 is 0 Å². The largest absolute Gasteiger partial charge is 0.398 e. The second kappa shape index (κ2) is 3.83. The van der Waals surface area contributed by atoms with Gasteiger partial charge in [-0.3, -0.25) is 0 Å². The van der Waals surface area contributed by atoms with Gasteiger partial charge in [0.1, 0.15) is 15.5 Å². The Morgan fingerprint density at radius 1 is 1.62 bits per heavy atom. The van der Waals surface area contributed by atoms with Crippen LogP contribution in [0.25, 0.3) is 0 Å². The van der Waals surface area contributed by atoms with Crippen molar-refractivity contribution in [1.82, 2.24) is 4.98 Å². The molecule has 0 fully saturated rings. The molecule has 0 aliphatic carbocycles. The number of rotatable bonds is 1. The summed E-state index contributed by atoms with van der Waals surface area (Å²) >= 11 is 1.63. The van der Waals surface area contributed by atoms with Crippen molar-refractivity contribution in [3.05, 3.63) is 21.0 Å². The van der Waals surface area contributed by atoms with Gasteiger partial charge in [-0.05, 0) is 28.7 Å². The Kier molecular flexibility index (Phi) is 2.98. The molecule has 0 saturated heterocycles. The topological polar surface area (TPSA) is 62.7 Å². The highest BCUT2D eigenvalue weighted by Gasteiger charge is 2.17. The molecule has 0 aromatic carbocycles. The van der Waals surface area contributed by atoms with Gasteiger partial charge in [0.15, 0.2) is 0 Å². The lowest BCUT2D eigenvalue weighted by molar-refractivity contribution is 0.150. The third-order valence-corrected chi connectivity index (χ3v) is 2.20. The first kappa shape index (κ1) is 10.1. The molecule has 0 amide bonds. The number of hydrogen-bond acceptors (Lipinski definition) is 3. The maximum atomic E-state index is 12.3. The molecule has 0 saturated carbocycles. The van der Waals surface area contributed by atoms with Crippen molar-refractivity contribution in [2.45, 2.75) is 6.43 Å². The molecule has 0 bridgehead atoms. The predicted molar refractivity (Wildman–Crippen MR) is 51.0 cm³/mol. The number of hydrogen-bond donors (Lipinski definition) is 1. The van der Waals surface area contributed by atoms with E-state index in [-0.39, 0.29) is 20.6 Å². The summed E-state index contributed by atoms with van der Waals surface area (Å²) < 4.78 is 24.7. The molecular formula is C7H4F2IN3.